The minimum atomic E-state index is -0.142. The lowest BCUT2D eigenvalue weighted by atomic mass is 9.59. The standard InChI is InChI=1S/C15H16O3/c1-8-7-17-11-6-9-4-3-5-10-14(16)18-13(12(8)11)15(9,10)2/h5,7,9,13H,3-4,6H2,1-2H3/t9-,13+,15+/m1/s1. The van der Waals surface area contributed by atoms with Gasteiger partial charge in [-0.25, -0.2) is 4.79 Å². The molecule has 1 aromatic rings. The first-order valence-corrected chi connectivity index (χ1v) is 6.61. The van der Waals surface area contributed by atoms with E-state index in [0.717, 1.165) is 41.7 Å². The number of carbonyl (C=O) groups is 1. The highest BCUT2D eigenvalue weighted by molar-refractivity contribution is 5.93. The quantitative estimate of drug-likeness (QED) is 0.658. The molecule has 94 valence electrons. The fourth-order valence-corrected chi connectivity index (χ4v) is 4.03. The number of rotatable bonds is 0. The topological polar surface area (TPSA) is 39.4 Å². The van der Waals surface area contributed by atoms with Crippen LogP contribution in [0.2, 0.25) is 0 Å². The summed E-state index contributed by atoms with van der Waals surface area (Å²) in [6.07, 6.45) is 6.77. The molecule has 0 spiro atoms. The van der Waals surface area contributed by atoms with Gasteiger partial charge in [-0.15, -0.1) is 0 Å². The number of hydrogen-bond acceptors (Lipinski definition) is 3. The van der Waals surface area contributed by atoms with E-state index in [1.165, 1.54) is 0 Å². The fourth-order valence-electron chi connectivity index (χ4n) is 4.03. The molecule has 0 saturated carbocycles. The van der Waals surface area contributed by atoms with Crippen LogP contribution in [0.3, 0.4) is 0 Å². The Bertz CT molecular complexity index is 581. The summed E-state index contributed by atoms with van der Waals surface area (Å²) in [5.41, 5.74) is 2.98. The van der Waals surface area contributed by atoms with Gasteiger partial charge >= 0.3 is 5.97 Å². The number of furan rings is 1. The average molecular weight is 244 g/mol. The van der Waals surface area contributed by atoms with Gasteiger partial charge in [0.1, 0.15) is 11.9 Å². The Morgan fingerprint density at radius 1 is 1.44 bits per heavy atom. The molecular weight excluding hydrogens is 228 g/mol. The summed E-state index contributed by atoms with van der Waals surface area (Å²) in [5.74, 6) is 1.36. The first-order valence-electron chi connectivity index (χ1n) is 6.61. The molecule has 18 heavy (non-hydrogen) atoms. The van der Waals surface area contributed by atoms with Crippen LogP contribution in [-0.2, 0) is 16.0 Å². The summed E-state index contributed by atoms with van der Waals surface area (Å²) in [4.78, 5) is 12.1. The second-order valence-electron chi connectivity index (χ2n) is 5.92. The number of allylic oxidation sites excluding steroid dienone is 1. The van der Waals surface area contributed by atoms with Gasteiger partial charge < -0.3 is 9.15 Å². The lowest BCUT2D eigenvalue weighted by molar-refractivity contribution is -0.140. The van der Waals surface area contributed by atoms with E-state index >= 15 is 0 Å². The van der Waals surface area contributed by atoms with Gasteiger partial charge in [0.05, 0.1) is 6.26 Å². The van der Waals surface area contributed by atoms with Gasteiger partial charge in [-0.2, -0.15) is 0 Å². The van der Waals surface area contributed by atoms with E-state index in [0.29, 0.717) is 5.92 Å². The Morgan fingerprint density at radius 3 is 3.11 bits per heavy atom. The summed E-state index contributed by atoms with van der Waals surface area (Å²) in [6.45, 7) is 4.22. The van der Waals surface area contributed by atoms with Gasteiger partial charge in [-0.05, 0) is 31.2 Å². The molecule has 3 atom stereocenters. The van der Waals surface area contributed by atoms with Crippen LogP contribution in [0.1, 0.15) is 42.8 Å². The summed E-state index contributed by atoms with van der Waals surface area (Å²) < 4.78 is 11.3. The van der Waals surface area contributed by atoms with E-state index in [-0.39, 0.29) is 17.5 Å². The average Bonchev–Trinajstić information content (AvgIpc) is 2.81. The van der Waals surface area contributed by atoms with Crippen molar-refractivity contribution in [1.29, 1.82) is 0 Å². The van der Waals surface area contributed by atoms with Gasteiger partial charge in [-0.3, -0.25) is 0 Å². The second kappa shape index (κ2) is 3.08. The molecule has 0 unspecified atom stereocenters. The van der Waals surface area contributed by atoms with Crippen molar-refractivity contribution in [3.63, 3.8) is 0 Å². The Morgan fingerprint density at radius 2 is 2.28 bits per heavy atom. The van der Waals surface area contributed by atoms with Crippen molar-refractivity contribution in [3.05, 3.63) is 34.8 Å². The molecule has 0 aromatic carbocycles. The van der Waals surface area contributed by atoms with Crippen molar-refractivity contribution >= 4 is 5.97 Å². The molecule has 3 nitrogen and oxygen atoms in total. The van der Waals surface area contributed by atoms with Crippen LogP contribution < -0.4 is 0 Å². The molecule has 2 aliphatic carbocycles. The van der Waals surface area contributed by atoms with Gasteiger partial charge in [-0.1, -0.05) is 13.0 Å². The summed E-state index contributed by atoms with van der Waals surface area (Å²) >= 11 is 0. The fraction of sp³-hybridized carbons (Fsp3) is 0.533. The Balaban J connectivity index is 1.98. The lowest BCUT2D eigenvalue weighted by Crippen LogP contribution is -2.39. The molecular formula is C15H16O3. The van der Waals surface area contributed by atoms with Crippen molar-refractivity contribution in [3.8, 4) is 0 Å². The lowest BCUT2D eigenvalue weighted by Gasteiger charge is -2.43. The maximum atomic E-state index is 12.1. The van der Waals surface area contributed by atoms with E-state index < -0.39 is 0 Å². The van der Waals surface area contributed by atoms with Crippen LogP contribution in [0.25, 0.3) is 0 Å². The van der Waals surface area contributed by atoms with E-state index in [2.05, 4.69) is 13.0 Å². The number of aryl methyl sites for hydroxylation is 1. The smallest absolute Gasteiger partial charge is 0.335 e. The third-order valence-corrected chi connectivity index (χ3v) is 5.08. The molecule has 1 fully saturated rings. The van der Waals surface area contributed by atoms with E-state index in [4.69, 9.17) is 9.15 Å². The monoisotopic (exact) mass is 244 g/mol. The van der Waals surface area contributed by atoms with Gasteiger partial charge in [0.15, 0.2) is 0 Å². The molecule has 0 radical (unpaired) electrons. The minimum absolute atomic E-state index is 0.124. The van der Waals surface area contributed by atoms with Gasteiger partial charge in [0, 0.05) is 23.0 Å². The van der Waals surface area contributed by atoms with Crippen molar-refractivity contribution in [2.75, 3.05) is 0 Å². The Hall–Kier alpha value is -1.51. The third kappa shape index (κ3) is 0.995. The van der Waals surface area contributed by atoms with Crippen LogP contribution >= 0.6 is 0 Å². The van der Waals surface area contributed by atoms with Gasteiger partial charge in [0.25, 0.3) is 0 Å². The molecule has 2 heterocycles. The maximum Gasteiger partial charge on any atom is 0.335 e. The zero-order valence-corrected chi connectivity index (χ0v) is 10.7. The molecule has 4 rings (SSSR count). The predicted molar refractivity (Wildman–Crippen MR) is 64.9 cm³/mol. The summed E-state index contributed by atoms with van der Waals surface area (Å²) in [5, 5.41) is 0. The van der Waals surface area contributed by atoms with E-state index in [1.54, 1.807) is 6.26 Å². The third-order valence-electron chi connectivity index (χ3n) is 5.08. The highest BCUT2D eigenvalue weighted by atomic mass is 16.6. The zero-order valence-electron chi connectivity index (χ0n) is 10.7. The molecule has 3 heteroatoms. The first kappa shape index (κ1) is 10.4. The molecule has 0 bridgehead atoms. The number of esters is 1. The summed E-state index contributed by atoms with van der Waals surface area (Å²) in [7, 11) is 0. The SMILES string of the molecule is Cc1coc2c1[C@@H]1OC(=O)C3=CCC[C@H](C2)[C@@]31C. The molecule has 3 aliphatic rings. The predicted octanol–water partition coefficient (Wildman–Crippen LogP) is 3.08. The van der Waals surface area contributed by atoms with E-state index in [1.807, 2.05) is 6.92 Å². The van der Waals surface area contributed by atoms with Crippen LogP contribution in [-0.4, -0.2) is 5.97 Å². The zero-order chi connectivity index (χ0) is 12.5. The molecule has 0 amide bonds. The summed E-state index contributed by atoms with van der Waals surface area (Å²) in [6, 6.07) is 0. The van der Waals surface area contributed by atoms with Crippen molar-refractivity contribution in [1.82, 2.24) is 0 Å². The number of ether oxygens (including phenoxy) is 1. The normalized spacial score (nSPS) is 36.8. The largest absolute Gasteiger partial charge is 0.469 e. The molecule has 0 N–H and O–H groups in total. The van der Waals surface area contributed by atoms with Crippen LogP contribution in [0.4, 0.5) is 0 Å². The number of carbonyl (C=O) groups excluding carboxylic acids is 1. The number of hydrogen-bond donors (Lipinski definition) is 0. The second-order valence-corrected chi connectivity index (χ2v) is 5.92. The maximum absolute atomic E-state index is 12.1. The van der Waals surface area contributed by atoms with Crippen LogP contribution in [0.15, 0.2) is 22.3 Å². The number of fused-ring (bicyclic) bond motifs is 2. The Kier molecular flexibility index (Phi) is 1.78. The van der Waals surface area contributed by atoms with Crippen LogP contribution in [0.5, 0.6) is 0 Å². The highest BCUT2D eigenvalue weighted by Crippen LogP contribution is 2.61. The van der Waals surface area contributed by atoms with Crippen molar-refractivity contribution in [2.24, 2.45) is 11.3 Å². The van der Waals surface area contributed by atoms with E-state index in [9.17, 15) is 4.79 Å². The molecule has 1 aliphatic heterocycles. The molecule has 1 saturated heterocycles. The van der Waals surface area contributed by atoms with Gasteiger partial charge in [0.2, 0.25) is 0 Å². The first-order chi connectivity index (χ1) is 8.62. The van der Waals surface area contributed by atoms with Crippen LogP contribution in [0, 0.1) is 18.3 Å². The Labute approximate surface area is 106 Å². The highest BCUT2D eigenvalue weighted by Gasteiger charge is 2.59. The van der Waals surface area contributed by atoms with Crippen molar-refractivity contribution < 1.29 is 13.9 Å². The molecule has 1 aromatic heterocycles. The minimum Gasteiger partial charge on any atom is -0.469 e. The van der Waals surface area contributed by atoms with Crippen molar-refractivity contribution in [2.45, 2.75) is 39.2 Å².